The minimum atomic E-state index is -0.931. The molecule has 3 aliphatic rings. The molecule has 2 aromatic rings. The van der Waals surface area contributed by atoms with Crippen LogP contribution in [0.4, 0.5) is 5.69 Å². The van der Waals surface area contributed by atoms with E-state index in [0.29, 0.717) is 0 Å². The first-order chi connectivity index (χ1) is 10.1. The lowest BCUT2D eigenvalue weighted by atomic mass is 9.61. The highest BCUT2D eigenvalue weighted by Crippen LogP contribution is 2.53. The van der Waals surface area contributed by atoms with Gasteiger partial charge in [-0.2, -0.15) is 0 Å². The SMILES string of the molecule is O=[N+]([O-])c1ccc2c(c1)[C@@H]1c3ccccc3[C@H]2[C@H](O)[C@@H]1O. The Morgan fingerprint density at radius 2 is 1.38 bits per heavy atom. The lowest BCUT2D eigenvalue weighted by molar-refractivity contribution is -0.385. The smallest absolute Gasteiger partial charge is 0.269 e. The second-order valence-electron chi connectivity index (χ2n) is 5.64. The fraction of sp³-hybridized carbons (Fsp3) is 0.250. The van der Waals surface area contributed by atoms with Crippen LogP contribution in [-0.2, 0) is 0 Å². The summed E-state index contributed by atoms with van der Waals surface area (Å²) >= 11 is 0. The Bertz CT molecular complexity index is 758. The molecule has 0 radical (unpaired) electrons. The summed E-state index contributed by atoms with van der Waals surface area (Å²) in [4.78, 5) is 10.5. The molecule has 5 nitrogen and oxygen atoms in total. The highest BCUT2D eigenvalue weighted by molar-refractivity contribution is 5.59. The van der Waals surface area contributed by atoms with E-state index in [-0.39, 0.29) is 11.6 Å². The first-order valence-electron chi connectivity index (χ1n) is 6.83. The molecule has 0 fully saturated rings. The highest BCUT2D eigenvalue weighted by atomic mass is 16.6. The van der Waals surface area contributed by atoms with Crippen molar-refractivity contribution in [1.82, 2.24) is 0 Å². The number of aliphatic hydroxyl groups excluding tert-OH is 2. The van der Waals surface area contributed by atoms with E-state index >= 15 is 0 Å². The maximum Gasteiger partial charge on any atom is 0.269 e. The summed E-state index contributed by atoms with van der Waals surface area (Å²) in [5.41, 5.74) is 3.60. The predicted molar refractivity (Wildman–Crippen MR) is 75.2 cm³/mol. The Hall–Kier alpha value is -2.24. The largest absolute Gasteiger partial charge is 0.389 e. The van der Waals surface area contributed by atoms with Crippen LogP contribution in [0.5, 0.6) is 0 Å². The normalized spacial score (nSPS) is 28.9. The van der Waals surface area contributed by atoms with Gasteiger partial charge in [0.15, 0.2) is 0 Å². The topological polar surface area (TPSA) is 83.6 Å². The van der Waals surface area contributed by atoms with Gasteiger partial charge in [0.25, 0.3) is 5.69 Å². The number of rotatable bonds is 1. The number of non-ortho nitro benzene ring substituents is 1. The van der Waals surface area contributed by atoms with Crippen molar-refractivity contribution < 1.29 is 15.1 Å². The molecule has 0 spiro atoms. The molecule has 0 aliphatic heterocycles. The molecule has 21 heavy (non-hydrogen) atoms. The van der Waals surface area contributed by atoms with E-state index in [4.69, 9.17) is 0 Å². The molecular formula is C16H13NO4. The lowest BCUT2D eigenvalue weighted by Crippen LogP contribution is -2.47. The van der Waals surface area contributed by atoms with Crippen molar-refractivity contribution >= 4 is 5.69 Å². The van der Waals surface area contributed by atoms with Gasteiger partial charge in [-0.3, -0.25) is 10.1 Å². The van der Waals surface area contributed by atoms with Gasteiger partial charge in [0.1, 0.15) is 0 Å². The van der Waals surface area contributed by atoms with Crippen molar-refractivity contribution in [1.29, 1.82) is 0 Å². The van der Waals surface area contributed by atoms with Gasteiger partial charge in [0.05, 0.1) is 17.1 Å². The number of aliphatic hydroxyl groups is 2. The zero-order valence-electron chi connectivity index (χ0n) is 11.0. The molecule has 0 saturated carbocycles. The van der Waals surface area contributed by atoms with Gasteiger partial charge in [-0.25, -0.2) is 0 Å². The van der Waals surface area contributed by atoms with Crippen LogP contribution in [-0.4, -0.2) is 27.3 Å². The van der Waals surface area contributed by atoms with E-state index in [1.165, 1.54) is 12.1 Å². The number of hydrogen-bond acceptors (Lipinski definition) is 4. The van der Waals surface area contributed by atoms with Crippen LogP contribution >= 0.6 is 0 Å². The Morgan fingerprint density at radius 1 is 0.857 bits per heavy atom. The maximum absolute atomic E-state index is 11.0. The van der Waals surface area contributed by atoms with Crippen molar-refractivity contribution in [2.75, 3.05) is 0 Å². The van der Waals surface area contributed by atoms with Crippen molar-refractivity contribution in [2.24, 2.45) is 0 Å². The van der Waals surface area contributed by atoms with Gasteiger partial charge < -0.3 is 10.2 Å². The third kappa shape index (κ3) is 1.53. The average molecular weight is 283 g/mol. The molecule has 2 bridgehead atoms. The van der Waals surface area contributed by atoms with E-state index in [2.05, 4.69) is 0 Å². The van der Waals surface area contributed by atoms with Crippen LogP contribution < -0.4 is 0 Å². The summed E-state index contributed by atoms with van der Waals surface area (Å²) in [6.45, 7) is 0. The molecule has 2 aromatic carbocycles. The molecule has 2 N–H and O–H groups in total. The molecular weight excluding hydrogens is 270 g/mol. The summed E-state index contributed by atoms with van der Waals surface area (Å²) in [6, 6.07) is 12.4. The third-order valence-electron chi connectivity index (χ3n) is 4.65. The maximum atomic E-state index is 11.0. The van der Waals surface area contributed by atoms with E-state index < -0.39 is 23.0 Å². The van der Waals surface area contributed by atoms with Gasteiger partial charge in [0.2, 0.25) is 0 Å². The van der Waals surface area contributed by atoms with Gasteiger partial charge >= 0.3 is 0 Å². The summed E-state index contributed by atoms with van der Waals surface area (Å²) in [6.07, 6.45) is -1.81. The van der Waals surface area contributed by atoms with Crippen LogP contribution in [0.15, 0.2) is 42.5 Å². The Labute approximate surface area is 120 Å². The molecule has 0 amide bonds. The number of benzene rings is 2. The zero-order valence-corrected chi connectivity index (χ0v) is 11.0. The summed E-state index contributed by atoms with van der Waals surface area (Å²) in [7, 11) is 0. The number of nitrogens with zero attached hydrogens (tertiary/aromatic N) is 1. The first kappa shape index (κ1) is 12.5. The number of nitro benzene ring substituents is 1. The van der Waals surface area contributed by atoms with Gasteiger partial charge in [-0.05, 0) is 22.3 Å². The molecule has 0 heterocycles. The van der Waals surface area contributed by atoms with Crippen LogP contribution in [0.1, 0.15) is 34.1 Å². The minimum absolute atomic E-state index is 0.0143. The van der Waals surface area contributed by atoms with Crippen LogP contribution in [0, 0.1) is 10.1 Å². The van der Waals surface area contributed by atoms with Crippen LogP contribution in [0.2, 0.25) is 0 Å². The van der Waals surface area contributed by atoms with Gasteiger partial charge in [-0.15, -0.1) is 0 Å². The minimum Gasteiger partial charge on any atom is -0.389 e. The van der Waals surface area contributed by atoms with Crippen molar-refractivity contribution in [3.8, 4) is 0 Å². The van der Waals surface area contributed by atoms with Crippen molar-refractivity contribution in [2.45, 2.75) is 24.0 Å². The van der Waals surface area contributed by atoms with Crippen molar-refractivity contribution in [3.63, 3.8) is 0 Å². The predicted octanol–water partition coefficient (Wildman–Crippen LogP) is 1.91. The Balaban J connectivity index is 2.00. The second-order valence-corrected chi connectivity index (χ2v) is 5.64. The first-order valence-corrected chi connectivity index (χ1v) is 6.83. The van der Waals surface area contributed by atoms with E-state index in [1.54, 1.807) is 6.07 Å². The van der Waals surface area contributed by atoms with Gasteiger partial charge in [0, 0.05) is 24.0 Å². The summed E-state index contributed by atoms with van der Waals surface area (Å²) in [5.74, 6) is -0.729. The molecule has 0 saturated heterocycles. The number of nitro groups is 1. The standard InChI is InChI=1S/C16H13NO4/c18-15-13-9-3-1-2-4-10(9)14(16(15)19)12-7-8(17(20)21)5-6-11(12)13/h1-7,13-16,18-19H/t13-,14+,15+,16-/m1/s1. The number of hydrogen-bond donors (Lipinski definition) is 2. The fourth-order valence-corrected chi connectivity index (χ4v) is 3.77. The van der Waals surface area contributed by atoms with E-state index in [1.807, 2.05) is 24.3 Å². The molecule has 5 rings (SSSR count). The highest BCUT2D eigenvalue weighted by Gasteiger charge is 2.48. The van der Waals surface area contributed by atoms with E-state index in [9.17, 15) is 20.3 Å². The molecule has 5 heteroatoms. The summed E-state index contributed by atoms with van der Waals surface area (Å²) in [5, 5.41) is 31.7. The van der Waals surface area contributed by atoms with Crippen molar-refractivity contribution in [3.05, 3.63) is 74.8 Å². The lowest BCUT2D eigenvalue weighted by Gasteiger charge is -2.46. The molecule has 106 valence electrons. The summed E-state index contributed by atoms with van der Waals surface area (Å²) < 4.78 is 0. The number of fused-ring (bicyclic) bond motifs is 1. The quantitative estimate of drug-likeness (QED) is 0.618. The average Bonchev–Trinajstić information content (AvgIpc) is 2.49. The molecule has 0 unspecified atom stereocenters. The molecule has 3 aliphatic carbocycles. The Morgan fingerprint density at radius 3 is 1.95 bits per heavy atom. The third-order valence-corrected chi connectivity index (χ3v) is 4.65. The zero-order chi connectivity index (χ0) is 14.7. The fourth-order valence-electron chi connectivity index (χ4n) is 3.77. The second kappa shape index (κ2) is 4.13. The molecule has 4 atom stereocenters. The Kier molecular flexibility index (Phi) is 2.46. The monoisotopic (exact) mass is 283 g/mol. The van der Waals surface area contributed by atoms with Crippen LogP contribution in [0.3, 0.4) is 0 Å². The van der Waals surface area contributed by atoms with Crippen LogP contribution in [0.25, 0.3) is 0 Å². The van der Waals surface area contributed by atoms with E-state index in [0.717, 1.165) is 22.3 Å². The van der Waals surface area contributed by atoms with Gasteiger partial charge in [-0.1, -0.05) is 30.3 Å². The molecule has 0 aromatic heterocycles.